The summed E-state index contributed by atoms with van der Waals surface area (Å²) < 4.78 is 24.3. The van der Waals surface area contributed by atoms with Crippen LogP contribution in [0.1, 0.15) is 40.9 Å². The minimum absolute atomic E-state index is 0.0500. The van der Waals surface area contributed by atoms with E-state index in [1.807, 2.05) is 46.8 Å². The summed E-state index contributed by atoms with van der Waals surface area (Å²) in [4.78, 5) is 14.3. The standard InChI is InChI=1S/C17H25NO3S/c1-11(2)10-22(20,21)15-8-18(9-15)17(19)16-13(4)6-12(3)7-14(16)5/h6-7,11,15H,8-10H2,1-5H3. The molecule has 5 heteroatoms. The molecule has 122 valence electrons. The Morgan fingerprint density at radius 3 is 2.14 bits per heavy atom. The van der Waals surface area contributed by atoms with E-state index in [1.165, 1.54) is 0 Å². The van der Waals surface area contributed by atoms with Gasteiger partial charge in [0.15, 0.2) is 9.84 Å². The van der Waals surface area contributed by atoms with E-state index in [0.717, 1.165) is 16.7 Å². The predicted octanol–water partition coefficient (Wildman–Crippen LogP) is 2.51. The number of benzene rings is 1. The van der Waals surface area contributed by atoms with E-state index in [0.29, 0.717) is 18.7 Å². The molecule has 1 fully saturated rings. The molecule has 0 saturated carbocycles. The lowest BCUT2D eigenvalue weighted by Crippen LogP contribution is -2.57. The quantitative estimate of drug-likeness (QED) is 0.855. The van der Waals surface area contributed by atoms with E-state index in [2.05, 4.69) is 0 Å². The summed E-state index contributed by atoms with van der Waals surface area (Å²) >= 11 is 0. The molecule has 0 N–H and O–H groups in total. The molecule has 0 radical (unpaired) electrons. The van der Waals surface area contributed by atoms with Gasteiger partial charge in [0.05, 0.1) is 11.0 Å². The zero-order chi connectivity index (χ0) is 16.7. The van der Waals surface area contributed by atoms with Crippen LogP contribution in [0.25, 0.3) is 0 Å². The van der Waals surface area contributed by atoms with Crippen LogP contribution in [0.5, 0.6) is 0 Å². The lowest BCUT2D eigenvalue weighted by molar-refractivity contribution is 0.0657. The smallest absolute Gasteiger partial charge is 0.254 e. The number of carbonyl (C=O) groups is 1. The SMILES string of the molecule is Cc1cc(C)c(C(=O)N2CC(S(=O)(=O)CC(C)C)C2)c(C)c1. The van der Waals surface area contributed by atoms with Gasteiger partial charge in [0.2, 0.25) is 0 Å². The highest BCUT2D eigenvalue weighted by molar-refractivity contribution is 7.92. The molecule has 0 aromatic heterocycles. The fraction of sp³-hybridized carbons (Fsp3) is 0.588. The van der Waals surface area contributed by atoms with Crippen LogP contribution in [0.3, 0.4) is 0 Å². The highest BCUT2D eigenvalue weighted by atomic mass is 32.2. The van der Waals surface area contributed by atoms with E-state index >= 15 is 0 Å². The molecular formula is C17H25NO3S. The first-order valence-electron chi connectivity index (χ1n) is 7.70. The number of amides is 1. The molecule has 1 saturated heterocycles. The van der Waals surface area contributed by atoms with Gasteiger partial charge in [-0.15, -0.1) is 0 Å². The molecule has 1 heterocycles. The average Bonchev–Trinajstić information content (AvgIpc) is 2.21. The average molecular weight is 323 g/mol. The van der Waals surface area contributed by atoms with Crippen molar-refractivity contribution in [2.24, 2.45) is 5.92 Å². The Morgan fingerprint density at radius 2 is 1.68 bits per heavy atom. The summed E-state index contributed by atoms with van der Waals surface area (Å²) in [6.07, 6.45) is 0. The van der Waals surface area contributed by atoms with Gasteiger partial charge in [-0.3, -0.25) is 4.79 Å². The lowest BCUT2D eigenvalue weighted by atomic mass is 9.97. The highest BCUT2D eigenvalue weighted by Crippen LogP contribution is 2.24. The van der Waals surface area contributed by atoms with Gasteiger partial charge in [-0.05, 0) is 37.8 Å². The third kappa shape index (κ3) is 3.35. The highest BCUT2D eigenvalue weighted by Gasteiger charge is 2.40. The monoisotopic (exact) mass is 323 g/mol. The third-order valence-corrected chi connectivity index (χ3v) is 6.54. The van der Waals surface area contributed by atoms with Crippen molar-refractivity contribution < 1.29 is 13.2 Å². The van der Waals surface area contributed by atoms with E-state index in [4.69, 9.17) is 0 Å². The van der Waals surface area contributed by atoms with Crippen molar-refractivity contribution in [3.8, 4) is 0 Å². The summed E-state index contributed by atoms with van der Waals surface area (Å²) in [7, 11) is -3.09. The number of nitrogens with zero attached hydrogens (tertiary/aromatic N) is 1. The zero-order valence-electron chi connectivity index (χ0n) is 14.0. The van der Waals surface area contributed by atoms with Crippen molar-refractivity contribution in [3.05, 3.63) is 34.4 Å². The van der Waals surface area contributed by atoms with Gasteiger partial charge < -0.3 is 4.90 Å². The second-order valence-corrected chi connectivity index (χ2v) is 9.15. The van der Waals surface area contributed by atoms with Gasteiger partial charge in [-0.2, -0.15) is 0 Å². The summed E-state index contributed by atoms with van der Waals surface area (Å²) in [6.45, 7) is 10.3. The largest absolute Gasteiger partial charge is 0.336 e. The van der Waals surface area contributed by atoms with Crippen LogP contribution in [0.15, 0.2) is 12.1 Å². The van der Waals surface area contributed by atoms with Crippen molar-refractivity contribution in [3.63, 3.8) is 0 Å². The molecule has 1 aliphatic rings. The first kappa shape index (κ1) is 17.0. The van der Waals surface area contributed by atoms with Crippen LogP contribution in [0.4, 0.5) is 0 Å². The van der Waals surface area contributed by atoms with Gasteiger partial charge in [0.1, 0.15) is 0 Å². The number of hydrogen-bond acceptors (Lipinski definition) is 3. The van der Waals surface area contributed by atoms with Crippen molar-refractivity contribution in [2.75, 3.05) is 18.8 Å². The third-order valence-electron chi connectivity index (χ3n) is 4.10. The summed E-state index contributed by atoms with van der Waals surface area (Å²) in [6, 6.07) is 3.99. The molecule has 1 aromatic carbocycles. The molecule has 1 aliphatic heterocycles. The molecule has 0 spiro atoms. The predicted molar refractivity (Wildman–Crippen MR) is 89.0 cm³/mol. The van der Waals surface area contributed by atoms with Gasteiger partial charge in [0, 0.05) is 18.7 Å². The molecule has 0 atom stereocenters. The summed E-state index contributed by atoms with van der Waals surface area (Å²) in [5.74, 6) is 0.268. The summed E-state index contributed by atoms with van der Waals surface area (Å²) in [5.41, 5.74) is 3.75. The van der Waals surface area contributed by atoms with Crippen molar-refractivity contribution in [2.45, 2.75) is 39.9 Å². The van der Waals surface area contributed by atoms with Gasteiger partial charge in [-0.1, -0.05) is 31.5 Å². The van der Waals surface area contributed by atoms with Crippen molar-refractivity contribution in [1.82, 2.24) is 4.90 Å². The Hall–Kier alpha value is -1.36. The van der Waals surface area contributed by atoms with Crippen LogP contribution < -0.4 is 0 Å². The van der Waals surface area contributed by atoms with E-state index in [-0.39, 0.29) is 17.6 Å². The number of rotatable bonds is 4. The second-order valence-electron chi connectivity index (χ2n) is 6.83. The number of aryl methyl sites for hydroxylation is 3. The van der Waals surface area contributed by atoms with Crippen LogP contribution in [0, 0.1) is 26.7 Å². The van der Waals surface area contributed by atoms with Gasteiger partial charge >= 0.3 is 0 Å². The molecule has 0 aliphatic carbocycles. The Balaban J connectivity index is 2.10. The van der Waals surface area contributed by atoms with Crippen LogP contribution in [0.2, 0.25) is 0 Å². The van der Waals surface area contributed by atoms with Crippen LogP contribution in [-0.2, 0) is 9.84 Å². The Labute approximate surface area is 133 Å². The van der Waals surface area contributed by atoms with Crippen LogP contribution in [-0.4, -0.2) is 43.3 Å². The maximum atomic E-state index is 12.6. The van der Waals surface area contributed by atoms with Crippen LogP contribution >= 0.6 is 0 Å². The minimum Gasteiger partial charge on any atom is -0.336 e. The Bertz CT molecular complexity index is 663. The Kier molecular flexibility index (Phi) is 4.66. The summed E-state index contributed by atoms with van der Waals surface area (Å²) in [5, 5.41) is -0.398. The topological polar surface area (TPSA) is 54.5 Å². The van der Waals surface area contributed by atoms with E-state index in [1.54, 1.807) is 4.90 Å². The molecule has 1 aromatic rings. The second kappa shape index (κ2) is 6.03. The molecule has 22 heavy (non-hydrogen) atoms. The van der Waals surface area contributed by atoms with Crippen molar-refractivity contribution in [1.29, 1.82) is 0 Å². The fourth-order valence-electron chi connectivity index (χ4n) is 3.11. The lowest BCUT2D eigenvalue weighted by Gasteiger charge is -2.39. The zero-order valence-corrected chi connectivity index (χ0v) is 14.8. The molecule has 0 bridgehead atoms. The number of carbonyl (C=O) groups excluding carboxylic acids is 1. The minimum atomic E-state index is -3.09. The van der Waals surface area contributed by atoms with E-state index in [9.17, 15) is 13.2 Å². The molecular weight excluding hydrogens is 298 g/mol. The van der Waals surface area contributed by atoms with Gasteiger partial charge in [0.25, 0.3) is 5.91 Å². The maximum Gasteiger partial charge on any atom is 0.254 e. The number of likely N-dealkylation sites (tertiary alicyclic amines) is 1. The fourth-order valence-corrected chi connectivity index (χ4v) is 5.12. The Morgan fingerprint density at radius 1 is 1.18 bits per heavy atom. The molecule has 0 unspecified atom stereocenters. The first-order valence-corrected chi connectivity index (χ1v) is 9.42. The molecule has 4 nitrogen and oxygen atoms in total. The normalized spacial score (nSPS) is 16.0. The van der Waals surface area contributed by atoms with Crippen molar-refractivity contribution >= 4 is 15.7 Å². The number of hydrogen-bond donors (Lipinski definition) is 0. The maximum absolute atomic E-state index is 12.6. The molecule has 1 amide bonds. The van der Waals surface area contributed by atoms with Gasteiger partial charge in [-0.25, -0.2) is 8.42 Å². The molecule has 2 rings (SSSR count). The number of sulfone groups is 1. The van der Waals surface area contributed by atoms with E-state index < -0.39 is 15.1 Å². The first-order chi connectivity index (χ1) is 10.1.